The molecule has 0 amide bonds. The zero-order valence-electron chi connectivity index (χ0n) is 16.2. The van der Waals surface area contributed by atoms with Gasteiger partial charge >= 0.3 is 0 Å². The third kappa shape index (κ3) is 3.48. The lowest BCUT2D eigenvalue weighted by atomic mass is 10.0. The van der Waals surface area contributed by atoms with Crippen molar-refractivity contribution in [3.8, 4) is 11.3 Å². The van der Waals surface area contributed by atoms with Crippen molar-refractivity contribution in [1.82, 2.24) is 24.8 Å². The Morgan fingerprint density at radius 2 is 2.14 bits per heavy atom. The van der Waals surface area contributed by atoms with Gasteiger partial charge in [-0.25, -0.2) is 9.97 Å². The SMILES string of the molecule is Cn1cnc2cc(-c3ccc(C(C)(C)O)nc3)nc(N[C@@H]3CCNC3)c2c1=O. The van der Waals surface area contributed by atoms with E-state index in [-0.39, 0.29) is 11.6 Å². The molecule has 8 nitrogen and oxygen atoms in total. The molecule has 1 atom stereocenters. The van der Waals surface area contributed by atoms with Crippen LogP contribution >= 0.6 is 0 Å². The van der Waals surface area contributed by atoms with Crippen LogP contribution in [-0.4, -0.2) is 43.8 Å². The average molecular weight is 380 g/mol. The number of nitrogens with zero attached hydrogens (tertiary/aromatic N) is 4. The van der Waals surface area contributed by atoms with Crippen molar-refractivity contribution in [2.75, 3.05) is 18.4 Å². The second-order valence-corrected chi connectivity index (χ2v) is 7.74. The Labute approximate surface area is 162 Å². The lowest BCUT2D eigenvalue weighted by Gasteiger charge is -2.17. The lowest BCUT2D eigenvalue weighted by Crippen LogP contribution is -2.25. The fourth-order valence-electron chi connectivity index (χ4n) is 3.35. The van der Waals surface area contributed by atoms with Crippen molar-refractivity contribution in [3.05, 3.63) is 46.8 Å². The summed E-state index contributed by atoms with van der Waals surface area (Å²) in [6.45, 7) is 5.16. The molecule has 4 heterocycles. The van der Waals surface area contributed by atoms with E-state index in [4.69, 9.17) is 4.98 Å². The van der Waals surface area contributed by atoms with Gasteiger partial charge < -0.3 is 20.3 Å². The third-order valence-corrected chi connectivity index (χ3v) is 4.99. The first-order valence-corrected chi connectivity index (χ1v) is 9.36. The number of aryl methyl sites for hydroxylation is 1. The monoisotopic (exact) mass is 380 g/mol. The second-order valence-electron chi connectivity index (χ2n) is 7.74. The maximum absolute atomic E-state index is 12.7. The van der Waals surface area contributed by atoms with E-state index in [2.05, 4.69) is 20.6 Å². The maximum Gasteiger partial charge on any atom is 0.264 e. The van der Waals surface area contributed by atoms with Crippen molar-refractivity contribution >= 4 is 16.7 Å². The Morgan fingerprint density at radius 1 is 1.32 bits per heavy atom. The number of hydrogen-bond acceptors (Lipinski definition) is 7. The van der Waals surface area contributed by atoms with Gasteiger partial charge in [-0.15, -0.1) is 0 Å². The largest absolute Gasteiger partial charge is 0.384 e. The highest BCUT2D eigenvalue weighted by Gasteiger charge is 2.20. The van der Waals surface area contributed by atoms with Gasteiger partial charge in [-0.2, -0.15) is 0 Å². The van der Waals surface area contributed by atoms with Gasteiger partial charge in [-0.05, 0) is 45.0 Å². The molecule has 0 bridgehead atoms. The van der Waals surface area contributed by atoms with Crippen LogP contribution in [0, 0.1) is 0 Å². The van der Waals surface area contributed by atoms with E-state index in [1.165, 1.54) is 10.9 Å². The zero-order chi connectivity index (χ0) is 19.9. The molecule has 3 aromatic rings. The Morgan fingerprint density at radius 3 is 2.79 bits per heavy atom. The summed E-state index contributed by atoms with van der Waals surface area (Å²) in [6, 6.07) is 5.67. The van der Waals surface area contributed by atoms with Crippen molar-refractivity contribution in [1.29, 1.82) is 0 Å². The maximum atomic E-state index is 12.7. The summed E-state index contributed by atoms with van der Waals surface area (Å²) in [5.74, 6) is 0.543. The zero-order valence-corrected chi connectivity index (χ0v) is 16.2. The predicted octanol–water partition coefficient (Wildman–Crippen LogP) is 1.39. The molecule has 3 aromatic heterocycles. The lowest BCUT2D eigenvalue weighted by molar-refractivity contribution is 0.0739. The summed E-state index contributed by atoms with van der Waals surface area (Å²) in [5, 5.41) is 17.3. The van der Waals surface area contributed by atoms with E-state index in [1.54, 1.807) is 39.2 Å². The summed E-state index contributed by atoms with van der Waals surface area (Å²) in [6.07, 6.45) is 4.17. The van der Waals surface area contributed by atoms with E-state index < -0.39 is 5.60 Å². The molecule has 8 heteroatoms. The molecule has 0 saturated carbocycles. The summed E-state index contributed by atoms with van der Waals surface area (Å²) in [5.41, 5.74) is 1.51. The Hall–Kier alpha value is -2.84. The molecule has 1 fully saturated rings. The van der Waals surface area contributed by atoms with Crippen LogP contribution in [0.25, 0.3) is 22.2 Å². The van der Waals surface area contributed by atoms with Crippen LogP contribution in [0.15, 0.2) is 35.5 Å². The molecule has 0 aromatic carbocycles. The number of pyridine rings is 2. The second kappa shape index (κ2) is 6.96. The molecule has 4 rings (SSSR count). The van der Waals surface area contributed by atoms with Crippen LogP contribution in [0.3, 0.4) is 0 Å². The van der Waals surface area contributed by atoms with E-state index in [9.17, 15) is 9.90 Å². The highest BCUT2D eigenvalue weighted by molar-refractivity contribution is 5.91. The highest BCUT2D eigenvalue weighted by Crippen LogP contribution is 2.27. The van der Waals surface area contributed by atoms with Crippen LogP contribution in [0.5, 0.6) is 0 Å². The van der Waals surface area contributed by atoms with Crippen molar-refractivity contribution in [2.24, 2.45) is 7.05 Å². The number of aliphatic hydroxyl groups is 1. The summed E-state index contributed by atoms with van der Waals surface area (Å²) >= 11 is 0. The topological polar surface area (TPSA) is 105 Å². The minimum atomic E-state index is -1.01. The van der Waals surface area contributed by atoms with E-state index in [0.29, 0.717) is 28.1 Å². The average Bonchev–Trinajstić information content (AvgIpc) is 3.17. The molecule has 0 unspecified atom stereocenters. The Kier molecular flexibility index (Phi) is 4.60. The number of hydrogen-bond donors (Lipinski definition) is 3. The molecule has 0 radical (unpaired) electrons. The quantitative estimate of drug-likeness (QED) is 0.628. The number of anilines is 1. The van der Waals surface area contributed by atoms with Gasteiger partial charge in [0.1, 0.15) is 16.8 Å². The van der Waals surface area contributed by atoms with Crippen LogP contribution in [0.4, 0.5) is 5.82 Å². The van der Waals surface area contributed by atoms with Crippen LogP contribution in [0.2, 0.25) is 0 Å². The van der Waals surface area contributed by atoms with E-state index >= 15 is 0 Å². The number of rotatable bonds is 4. The first-order valence-electron chi connectivity index (χ1n) is 9.36. The van der Waals surface area contributed by atoms with Gasteiger partial charge in [0, 0.05) is 31.4 Å². The van der Waals surface area contributed by atoms with Crippen LogP contribution < -0.4 is 16.2 Å². The van der Waals surface area contributed by atoms with E-state index in [1.807, 2.05) is 6.07 Å². The van der Waals surface area contributed by atoms with Gasteiger partial charge in [0.15, 0.2) is 0 Å². The van der Waals surface area contributed by atoms with E-state index in [0.717, 1.165) is 25.1 Å². The van der Waals surface area contributed by atoms with Crippen LogP contribution in [0.1, 0.15) is 26.0 Å². The summed E-state index contributed by atoms with van der Waals surface area (Å²) in [7, 11) is 1.68. The molecular formula is C20H24N6O2. The molecule has 28 heavy (non-hydrogen) atoms. The van der Waals surface area contributed by atoms with Crippen molar-refractivity contribution < 1.29 is 5.11 Å². The van der Waals surface area contributed by atoms with Crippen molar-refractivity contribution in [3.63, 3.8) is 0 Å². The normalized spacial score (nSPS) is 17.2. The molecule has 3 N–H and O–H groups in total. The van der Waals surface area contributed by atoms with Gasteiger partial charge in [0.2, 0.25) is 0 Å². The minimum Gasteiger partial charge on any atom is -0.384 e. The molecule has 1 aliphatic rings. The van der Waals surface area contributed by atoms with Gasteiger partial charge in [-0.3, -0.25) is 9.78 Å². The summed E-state index contributed by atoms with van der Waals surface area (Å²) < 4.78 is 1.46. The summed E-state index contributed by atoms with van der Waals surface area (Å²) in [4.78, 5) is 26.2. The highest BCUT2D eigenvalue weighted by atomic mass is 16.3. The predicted molar refractivity (Wildman–Crippen MR) is 108 cm³/mol. The molecular weight excluding hydrogens is 356 g/mol. The molecule has 146 valence electrons. The Bertz CT molecular complexity index is 1060. The minimum absolute atomic E-state index is 0.131. The molecule has 0 aliphatic carbocycles. The van der Waals surface area contributed by atoms with Crippen LogP contribution in [-0.2, 0) is 12.6 Å². The van der Waals surface area contributed by atoms with Gasteiger partial charge in [0.05, 0.1) is 23.2 Å². The smallest absolute Gasteiger partial charge is 0.264 e. The fourth-order valence-corrected chi connectivity index (χ4v) is 3.35. The number of fused-ring (bicyclic) bond motifs is 1. The number of aromatic nitrogens is 4. The molecule has 0 spiro atoms. The standard InChI is InChI=1S/C20H24N6O2/c1-20(2,28)16-5-4-12(9-22-16)14-8-15-17(19(27)26(3)11-23-15)18(25-14)24-13-6-7-21-10-13/h4-5,8-9,11,13,21,28H,6-7,10H2,1-3H3,(H,24,25)/t13-/m1/s1. The van der Waals surface area contributed by atoms with Gasteiger partial charge in [-0.1, -0.05) is 0 Å². The number of nitrogens with one attached hydrogen (secondary N) is 2. The first-order chi connectivity index (χ1) is 13.3. The Balaban J connectivity index is 1.83. The fraction of sp³-hybridized carbons (Fsp3) is 0.400. The van der Waals surface area contributed by atoms with Crippen molar-refractivity contribution in [2.45, 2.75) is 31.9 Å². The van der Waals surface area contributed by atoms with Gasteiger partial charge in [0.25, 0.3) is 5.56 Å². The molecule has 1 saturated heterocycles. The third-order valence-electron chi connectivity index (χ3n) is 4.99. The first kappa shape index (κ1) is 18.5. The molecule has 1 aliphatic heterocycles.